The van der Waals surface area contributed by atoms with Crippen molar-refractivity contribution >= 4 is 5.91 Å². The van der Waals surface area contributed by atoms with Crippen molar-refractivity contribution in [1.82, 2.24) is 10.6 Å². The Morgan fingerprint density at radius 1 is 0.865 bits per heavy atom. The Kier molecular flexibility index (Phi) is 8.18. The molecule has 0 spiro atoms. The van der Waals surface area contributed by atoms with Gasteiger partial charge in [0.15, 0.2) is 0 Å². The molecule has 2 aromatic carbocycles. The van der Waals surface area contributed by atoms with Gasteiger partial charge in [-0.15, -0.1) is 0 Å². The Bertz CT molecular complexity index is 1030. The van der Waals surface area contributed by atoms with Crippen LogP contribution in [0.2, 0.25) is 0 Å². The lowest BCUT2D eigenvalue weighted by Crippen LogP contribution is -2.44. The van der Waals surface area contributed by atoms with Crippen LogP contribution in [-0.2, 0) is 34.8 Å². The van der Waals surface area contributed by atoms with E-state index in [9.17, 15) is 31.1 Å². The van der Waals surface area contributed by atoms with Gasteiger partial charge in [0.2, 0.25) is 5.91 Å². The molecule has 2 unspecified atom stereocenters. The van der Waals surface area contributed by atoms with Gasteiger partial charge in [-0.2, -0.15) is 26.3 Å². The van der Waals surface area contributed by atoms with Crippen molar-refractivity contribution in [1.29, 1.82) is 0 Å². The maximum absolute atomic E-state index is 13.5. The zero-order valence-corrected chi connectivity index (χ0v) is 20.2. The lowest BCUT2D eigenvalue weighted by atomic mass is 9.78. The normalized spacial score (nSPS) is 23.2. The largest absolute Gasteiger partial charge is 0.416 e. The average molecular weight is 529 g/mol. The molecule has 1 amide bonds. The van der Waals surface area contributed by atoms with Crippen molar-refractivity contribution in [3.8, 4) is 0 Å². The third-order valence-corrected chi connectivity index (χ3v) is 7.27. The first-order valence-electron chi connectivity index (χ1n) is 12.4. The van der Waals surface area contributed by atoms with Crippen LogP contribution in [-0.4, -0.2) is 31.2 Å². The van der Waals surface area contributed by atoms with Gasteiger partial charge in [0, 0.05) is 31.8 Å². The molecule has 2 aliphatic rings. The molecule has 2 fully saturated rings. The Morgan fingerprint density at radius 2 is 1.49 bits per heavy atom. The fourth-order valence-electron chi connectivity index (χ4n) is 5.39. The van der Waals surface area contributed by atoms with E-state index in [2.05, 4.69) is 10.6 Å². The van der Waals surface area contributed by atoms with E-state index in [0.717, 1.165) is 24.8 Å². The van der Waals surface area contributed by atoms with Crippen molar-refractivity contribution in [2.24, 2.45) is 5.41 Å². The van der Waals surface area contributed by atoms with Crippen molar-refractivity contribution in [2.75, 3.05) is 13.2 Å². The summed E-state index contributed by atoms with van der Waals surface area (Å²) in [6.45, 7) is 0.925. The van der Waals surface area contributed by atoms with Crippen LogP contribution < -0.4 is 10.6 Å². The number of alkyl halides is 6. The molecule has 2 N–H and O–H groups in total. The van der Waals surface area contributed by atoms with Gasteiger partial charge in [-0.1, -0.05) is 30.3 Å². The van der Waals surface area contributed by atoms with Crippen LogP contribution in [0.4, 0.5) is 26.3 Å². The van der Waals surface area contributed by atoms with Crippen molar-refractivity contribution in [2.45, 2.75) is 69.5 Å². The molecule has 1 saturated heterocycles. The molecule has 1 saturated carbocycles. The highest BCUT2D eigenvalue weighted by atomic mass is 19.4. The summed E-state index contributed by atoms with van der Waals surface area (Å²) in [5.41, 5.74) is -2.92. The van der Waals surface area contributed by atoms with Crippen LogP contribution in [0.5, 0.6) is 0 Å². The van der Waals surface area contributed by atoms with Crippen molar-refractivity contribution in [3.63, 3.8) is 0 Å². The number of hydrogen-bond donors (Lipinski definition) is 2. The number of halogens is 6. The van der Waals surface area contributed by atoms with Crippen LogP contribution >= 0.6 is 0 Å². The maximum Gasteiger partial charge on any atom is 0.416 e. The fraction of sp³-hybridized carbons (Fsp3) is 0.519. The number of carbonyl (C=O) groups excluding carboxylic acids is 1. The highest BCUT2D eigenvalue weighted by molar-refractivity contribution is 5.83. The van der Waals surface area contributed by atoms with E-state index >= 15 is 0 Å². The minimum atomic E-state index is -4.94. The summed E-state index contributed by atoms with van der Waals surface area (Å²) in [6.07, 6.45) is -5.85. The summed E-state index contributed by atoms with van der Waals surface area (Å²) >= 11 is 0. The molecule has 37 heavy (non-hydrogen) atoms. The molecule has 0 bridgehead atoms. The molecule has 1 aliphatic heterocycles. The lowest BCUT2D eigenvalue weighted by Gasteiger charge is -2.30. The second-order valence-electron chi connectivity index (χ2n) is 10.0. The first-order chi connectivity index (χ1) is 17.4. The third-order valence-electron chi connectivity index (χ3n) is 7.27. The zero-order chi connectivity index (χ0) is 26.7. The van der Waals surface area contributed by atoms with Gasteiger partial charge in [-0.3, -0.25) is 4.79 Å². The Morgan fingerprint density at radius 3 is 2.08 bits per heavy atom. The SMILES string of the molecule is O=C(NCc1cc(C(F)(F)F)cc(C(F)(F)F)c1)C1(Cc2ccccc2)CCC(NC2CCOCC2)C1. The maximum atomic E-state index is 13.5. The smallest absolute Gasteiger partial charge is 0.381 e. The monoisotopic (exact) mass is 528 g/mol. The van der Waals surface area contributed by atoms with E-state index in [0.29, 0.717) is 50.7 Å². The molecule has 10 heteroatoms. The van der Waals surface area contributed by atoms with Gasteiger partial charge in [-0.05, 0) is 67.9 Å². The summed E-state index contributed by atoms with van der Waals surface area (Å²) < 4.78 is 84.9. The number of amides is 1. The molecule has 202 valence electrons. The first-order valence-corrected chi connectivity index (χ1v) is 12.4. The minimum absolute atomic E-state index is 0.0861. The molecule has 2 atom stereocenters. The molecule has 0 radical (unpaired) electrons. The van der Waals surface area contributed by atoms with Crippen LogP contribution in [0.25, 0.3) is 0 Å². The molecular weight excluding hydrogens is 498 g/mol. The van der Waals surface area contributed by atoms with E-state index < -0.39 is 35.4 Å². The zero-order valence-electron chi connectivity index (χ0n) is 20.2. The second-order valence-corrected chi connectivity index (χ2v) is 10.0. The van der Waals surface area contributed by atoms with Crippen LogP contribution in [0.15, 0.2) is 48.5 Å². The number of benzene rings is 2. The van der Waals surface area contributed by atoms with E-state index in [-0.39, 0.29) is 23.6 Å². The molecule has 2 aromatic rings. The Hall–Kier alpha value is -2.59. The van der Waals surface area contributed by atoms with Gasteiger partial charge >= 0.3 is 12.4 Å². The molecule has 4 rings (SSSR count). The number of rotatable bonds is 7. The number of nitrogens with one attached hydrogen (secondary N) is 2. The lowest BCUT2D eigenvalue weighted by molar-refractivity contribution is -0.143. The highest BCUT2D eigenvalue weighted by Gasteiger charge is 2.45. The van der Waals surface area contributed by atoms with Crippen LogP contribution in [0.3, 0.4) is 0 Å². The molecule has 0 aromatic heterocycles. The number of hydrogen-bond acceptors (Lipinski definition) is 3. The fourth-order valence-corrected chi connectivity index (χ4v) is 5.39. The predicted octanol–water partition coefficient (Wildman–Crippen LogP) is 5.89. The average Bonchev–Trinajstić information content (AvgIpc) is 3.26. The highest BCUT2D eigenvalue weighted by Crippen LogP contribution is 2.42. The van der Waals surface area contributed by atoms with E-state index in [1.54, 1.807) is 0 Å². The summed E-state index contributed by atoms with van der Waals surface area (Å²) in [7, 11) is 0. The summed E-state index contributed by atoms with van der Waals surface area (Å²) in [5.74, 6) is -0.362. The van der Waals surface area contributed by atoms with Gasteiger partial charge in [0.05, 0.1) is 16.5 Å². The number of carbonyl (C=O) groups is 1. The predicted molar refractivity (Wildman–Crippen MR) is 125 cm³/mol. The third kappa shape index (κ3) is 7.04. The minimum Gasteiger partial charge on any atom is -0.381 e. The summed E-state index contributed by atoms with van der Waals surface area (Å²) in [4.78, 5) is 13.5. The number of ether oxygens (including phenoxy) is 1. The van der Waals surface area contributed by atoms with E-state index in [1.807, 2.05) is 30.3 Å². The van der Waals surface area contributed by atoms with Crippen molar-refractivity contribution < 1.29 is 35.9 Å². The van der Waals surface area contributed by atoms with Crippen LogP contribution in [0, 0.1) is 5.41 Å². The van der Waals surface area contributed by atoms with Gasteiger partial charge in [0.1, 0.15) is 0 Å². The standard InChI is InChI=1S/C27H30F6N2O2/c28-26(29,30)20-12-19(13-21(14-20)27(31,32)33)17-34-24(36)25(15-18-4-2-1-3-5-18)9-6-23(16-25)35-22-7-10-37-11-8-22/h1-5,12-14,22-23,35H,6-11,15-17H2,(H,34,36). The molecule has 1 heterocycles. The molecule has 4 nitrogen and oxygen atoms in total. The van der Waals surface area contributed by atoms with Gasteiger partial charge < -0.3 is 15.4 Å². The van der Waals surface area contributed by atoms with Crippen molar-refractivity contribution in [3.05, 3.63) is 70.8 Å². The van der Waals surface area contributed by atoms with Crippen LogP contribution in [0.1, 0.15) is 54.4 Å². The summed E-state index contributed by atoms with van der Waals surface area (Å²) in [6, 6.07) is 11.2. The molecule has 1 aliphatic carbocycles. The topological polar surface area (TPSA) is 50.4 Å². The van der Waals surface area contributed by atoms with Gasteiger partial charge in [0.25, 0.3) is 0 Å². The Balaban J connectivity index is 1.52. The van der Waals surface area contributed by atoms with E-state index in [1.165, 1.54) is 0 Å². The summed E-state index contributed by atoms with van der Waals surface area (Å²) in [5, 5.41) is 6.29. The van der Waals surface area contributed by atoms with E-state index in [4.69, 9.17) is 4.74 Å². The first kappa shape index (κ1) is 27.4. The second kappa shape index (κ2) is 11.0. The Labute approximate surface area is 211 Å². The van der Waals surface area contributed by atoms with Gasteiger partial charge in [-0.25, -0.2) is 0 Å². The molecular formula is C27H30F6N2O2. The quantitative estimate of drug-likeness (QED) is 0.441.